The summed E-state index contributed by atoms with van der Waals surface area (Å²) in [7, 11) is 0. The molecule has 1 aromatic carbocycles. The Balaban J connectivity index is 2.01. The van der Waals surface area contributed by atoms with Gasteiger partial charge < -0.3 is 10.1 Å². The second kappa shape index (κ2) is 5.13. The van der Waals surface area contributed by atoms with Crippen molar-refractivity contribution in [1.82, 2.24) is 0 Å². The van der Waals surface area contributed by atoms with Crippen molar-refractivity contribution < 1.29 is 9.59 Å². The van der Waals surface area contributed by atoms with Crippen LogP contribution in [0.25, 0.3) is 0 Å². The Kier molecular flexibility index (Phi) is 3.57. The molecule has 0 aromatic heterocycles. The molecule has 1 amide bonds. The van der Waals surface area contributed by atoms with E-state index in [9.17, 15) is 9.59 Å². The molecule has 0 saturated heterocycles. The molecule has 0 radical (unpaired) electrons. The van der Waals surface area contributed by atoms with Gasteiger partial charge in [-0.25, -0.2) is 0 Å². The molecule has 1 heterocycles. The van der Waals surface area contributed by atoms with Crippen LogP contribution >= 0.6 is 0 Å². The van der Waals surface area contributed by atoms with Crippen molar-refractivity contribution in [2.75, 3.05) is 5.32 Å². The van der Waals surface area contributed by atoms with E-state index in [0.29, 0.717) is 12.8 Å². The maximum Gasteiger partial charge on any atom is 0.224 e. The predicted octanol–water partition coefficient (Wildman–Crippen LogP) is 2.48. The van der Waals surface area contributed by atoms with Gasteiger partial charge in [-0.3, -0.25) is 4.79 Å². The van der Waals surface area contributed by atoms with Gasteiger partial charge in [-0.2, -0.15) is 0 Å². The normalized spacial score (nSPS) is 14.1. The molecule has 17 heavy (non-hydrogen) atoms. The lowest BCUT2D eigenvalue weighted by Crippen LogP contribution is -2.18. The van der Waals surface area contributed by atoms with E-state index < -0.39 is 0 Å². The van der Waals surface area contributed by atoms with Crippen LogP contribution in [0.15, 0.2) is 18.2 Å². The fourth-order valence-electron chi connectivity index (χ4n) is 2.13. The van der Waals surface area contributed by atoms with Crippen molar-refractivity contribution in [3.8, 4) is 0 Å². The largest absolute Gasteiger partial charge is 0.326 e. The minimum atomic E-state index is 0.0989. The maximum absolute atomic E-state index is 11.2. The molecule has 0 saturated carbocycles. The first-order valence-corrected chi connectivity index (χ1v) is 6.06. The summed E-state index contributed by atoms with van der Waals surface area (Å²) < 4.78 is 0. The Morgan fingerprint density at radius 2 is 2.18 bits per heavy atom. The zero-order chi connectivity index (χ0) is 12.3. The van der Waals surface area contributed by atoms with E-state index in [-0.39, 0.29) is 11.7 Å². The quantitative estimate of drug-likeness (QED) is 0.865. The molecule has 1 aliphatic heterocycles. The SMILES string of the molecule is CC(=O)CCCc1ccc2c(c1)CCC(=O)N2. The number of hydrogen-bond acceptors (Lipinski definition) is 2. The van der Waals surface area contributed by atoms with E-state index in [1.165, 1.54) is 11.1 Å². The van der Waals surface area contributed by atoms with Crippen LogP contribution in [0.3, 0.4) is 0 Å². The summed E-state index contributed by atoms with van der Waals surface area (Å²) in [5, 5.41) is 2.87. The zero-order valence-corrected chi connectivity index (χ0v) is 10.1. The van der Waals surface area contributed by atoms with Gasteiger partial charge in [0.1, 0.15) is 5.78 Å². The van der Waals surface area contributed by atoms with Crippen molar-refractivity contribution >= 4 is 17.4 Å². The van der Waals surface area contributed by atoms with Crippen molar-refractivity contribution in [2.24, 2.45) is 0 Å². The second-order valence-electron chi connectivity index (χ2n) is 4.60. The minimum absolute atomic E-state index is 0.0989. The zero-order valence-electron chi connectivity index (χ0n) is 10.1. The number of ketones is 1. The van der Waals surface area contributed by atoms with Gasteiger partial charge >= 0.3 is 0 Å². The van der Waals surface area contributed by atoms with Crippen LogP contribution < -0.4 is 5.32 Å². The average Bonchev–Trinajstić information content (AvgIpc) is 2.29. The van der Waals surface area contributed by atoms with Crippen LogP contribution in [-0.2, 0) is 22.4 Å². The first-order valence-electron chi connectivity index (χ1n) is 6.06. The summed E-state index contributed by atoms with van der Waals surface area (Å²) in [4.78, 5) is 22.1. The summed E-state index contributed by atoms with van der Waals surface area (Å²) in [6.07, 6.45) is 3.88. The predicted molar refractivity (Wildman–Crippen MR) is 67.0 cm³/mol. The molecule has 0 spiro atoms. The van der Waals surface area contributed by atoms with Crippen LogP contribution in [0.4, 0.5) is 5.69 Å². The van der Waals surface area contributed by atoms with Crippen molar-refractivity contribution in [2.45, 2.75) is 39.0 Å². The topological polar surface area (TPSA) is 46.2 Å². The second-order valence-corrected chi connectivity index (χ2v) is 4.60. The minimum Gasteiger partial charge on any atom is -0.326 e. The molecule has 1 aromatic rings. The first kappa shape index (κ1) is 11.8. The highest BCUT2D eigenvalue weighted by Gasteiger charge is 2.14. The number of hydrogen-bond donors (Lipinski definition) is 1. The number of amides is 1. The van der Waals surface area contributed by atoms with Crippen LogP contribution in [0.5, 0.6) is 0 Å². The summed E-state index contributed by atoms with van der Waals surface area (Å²) >= 11 is 0. The molecule has 1 aliphatic rings. The van der Waals surface area contributed by atoms with Crippen molar-refractivity contribution in [1.29, 1.82) is 0 Å². The Bertz CT molecular complexity index is 452. The highest BCUT2D eigenvalue weighted by Crippen LogP contribution is 2.24. The fourth-order valence-corrected chi connectivity index (χ4v) is 2.13. The lowest BCUT2D eigenvalue weighted by Gasteiger charge is -2.17. The third kappa shape index (κ3) is 3.16. The summed E-state index contributed by atoms with van der Waals surface area (Å²) in [5.74, 6) is 0.344. The molecule has 0 aliphatic carbocycles. The Morgan fingerprint density at radius 1 is 1.35 bits per heavy atom. The van der Waals surface area contributed by atoms with E-state index in [0.717, 1.165) is 24.9 Å². The Hall–Kier alpha value is -1.64. The van der Waals surface area contributed by atoms with Crippen LogP contribution in [0.2, 0.25) is 0 Å². The number of aryl methyl sites for hydroxylation is 2. The molecule has 0 fully saturated rings. The maximum atomic E-state index is 11.2. The molecule has 90 valence electrons. The van der Waals surface area contributed by atoms with E-state index in [2.05, 4.69) is 11.4 Å². The third-order valence-corrected chi connectivity index (χ3v) is 3.06. The molecular formula is C14H17NO2. The average molecular weight is 231 g/mol. The Labute approximate surface area is 101 Å². The molecule has 0 bridgehead atoms. The number of anilines is 1. The van der Waals surface area contributed by atoms with Gasteiger partial charge in [0.05, 0.1) is 0 Å². The van der Waals surface area contributed by atoms with Gasteiger partial charge in [-0.15, -0.1) is 0 Å². The molecule has 3 nitrogen and oxygen atoms in total. The lowest BCUT2D eigenvalue weighted by molar-refractivity contribution is -0.117. The number of Topliss-reactive ketones (excluding diaryl/α,β-unsaturated/α-hetero) is 1. The summed E-state index contributed by atoms with van der Waals surface area (Å²) in [6, 6.07) is 6.15. The van der Waals surface area contributed by atoms with E-state index in [1.54, 1.807) is 6.92 Å². The molecule has 3 heteroatoms. The molecule has 0 unspecified atom stereocenters. The number of benzene rings is 1. The molecular weight excluding hydrogens is 214 g/mol. The summed E-state index contributed by atoms with van der Waals surface area (Å²) in [5.41, 5.74) is 3.41. The summed E-state index contributed by atoms with van der Waals surface area (Å²) in [6.45, 7) is 1.63. The molecule has 2 rings (SSSR count). The Morgan fingerprint density at radius 3 is 2.94 bits per heavy atom. The monoisotopic (exact) mass is 231 g/mol. The van der Waals surface area contributed by atoms with Crippen LogP contribution in [0.1, 0.15) is 37.3 Å². The van der Waals surface area contributed by atoms with Gasteiger partial charge in [-0.1, -0.05) is 12.1 Å². The van der Waals surface area contributed by atoms with Gasteiger partial charge in [0.15, 0.2) is 0 Å². The van der Waals surface area contributed by atoms with E-state index in [4.69, 9.17) is 0 Å². The number of carbonyl (C=O) groups is 2. The first-order chi connectivity index (χ1) is 8.15. The van der Waals surface area contributed by atoms with Gasteiger partial charge in [-0.05, 0) is 43.4 Å². The van der Waals surface area contributed by atoms with Crippen molar-refractivity contribution in [3.05, 3.63) is 29.3 Å². The number of carbonyl (C=O) groups excluding carboxylic acids is 2. The van der Waals surface area contributed by atoms with E-state index in [1.807, 2.05) is 12.1 Å². The lowest BCUT2D eigenvalue weighted by atomic mass is 9.98. The standard InChI is InChI=1S/C14H17NO2/c1-10(16)3-2-4-11-5-7-13-12(9-11)6-8-14(17)15-13/h5,7,9H,2-4,6,8H2,1H3,(H,15,17). The number of rotatable bonds is 4. The van der Waals surface area contributed by atoms with E-state index >= 15 is 0 Å². The van der Waals surface area contributed by atoms with Gasteiger partial charge in [0.2, 0.25) is 5.91 Å². The van der Waals surface area contributed by atoms with Crippen LogP contribution in [-0.4, -0.2) is 11.7 Å². The number of nitrogens with one attached hydrogen (secondary N) is 1. The fraction of sp³-hybridized carbons (Fsp3) is 0.429. The molecule has 0 atom stereocenters. The van der Waals surface area contributed by atoms with Gasteiger partial charge in [0.25, 0.3) is 0 Å². The third-order valence-electron chi connectivity index (χ3n) is 3.06. The smallest absolute Gasteiger partial charge is 0.224 e. The number of fused-ring (bicyclic) bond motifs is 1. The van der Waals surface area contributed by atoms with Gasteiger partial charge in [0, 0.05) is 18.5 Å². The highest BCUT2D eigenvalue weighted by molar-refractivity contribution is 5.93. The highest BCUT2D eigenvalue weighted by atomic mass is 16.1. The van der Waals surface area contributed by atoms with Crippen LogP contribution in [0, 0.1) is 0 Å². The van der Waals surface area contributed by atoms with Crippen molar-refractivity contribution in [3.63, 3.8) is 0 Å². The molecule has 1 N–H and O–H groups in total.